The van der Waals surface area contributed by atoms with Crippen LogP contribution in [0.5, 0.6) is 0 Å². The van der Waals surface area contributed by atoms with Gasteiger partial charge in [-0.1, -0.05) is 38.1 Å². The molecule has 7 nitrogen and oxygen atoms in total. The Labute approximate surface area is 181 Å². The van der Waals surface area contributed by atoms with Gasteiger partial charge in [0.05, 0.1) is 11.3 Å². The molecule has 31 heavy (non-hydrogen) atoms. The maximum atomic E-state index is 12.6. The summed E-state index contributed by atoms with van der Waals surface area (Å²) in [7, 11) is 0. The molecule has 1 heterocycles. The zero-order valence-corrected chi connectivity index (χ0v) is 17.9. The number of hydrogen-bond acceptors (Lipinski definition) is 5. The molecule has 3 amide bonds. The van der Waals surface area contributed by atoms with Gasteiger partial charge >= 0.3 is 5.97 Å². The van der Waals surface area contributed by atoms with Crippen molar-refractivity contribution in [1.29, 1.82) is 0 Å². The van der Waals surface area contributed by atoms with Crippen LogP contribution >= 0.6 is 0 Å². The van der Waals surface area contributed by atoms with Crippen molar-refractivity contribution in [3.8, 4) is 0 Å². The second-order valence-electron chi connectivity index (χ2n) is 7.61. The van der Waals surface area contributed by atoms with Crippen molar-refractivity contribution in [2.75, 3.05) is 10.2 Å². The fourth-order valence-electron chi connectivity index (χ4n) is 3.41. The SMILES string of the molecule is CC[C@@H](C)c1ccccc1NC(=O)[C@H](C)OC(=O)c1cccc(N2C(=O)CCC2=O)c1. The highest BCUT2D eigenvalue weighted by Crippen LogP contribution is 2.27. The number of para-hydroxylation sites is 1. The average Bonchev–Trinajstić information content (AvgIpc) is 3.11. The van der Waals surface area contributed by atoms with Crippen LogP contribution in [0, 0.1) is 0 Å². The molecule has 1 N–H and O–H groups in total. The highest BCUT2D eigenvalue weighted by Gasteiger charge is 2.31. The molecule has 0 aromatic heterocycles. The number of anilines is 2. The van der Waals surface area contributed by atoms with Gasteiger partial charge in [0.2, 0.25) is 11.8 Å². The van der Waals surface area contributed by atoms with E-state index in [0.29, 0.717) is 11.4 Å². The summed E-state index contributed by atoms with van der Waals surface area (Å²) >= 11 is 0. The number of ether oxygens (including phenoxy) is 1. The highest BCUT2D eigenvalue weighted by molar-refractivity contribution is 6.20. The first-order valence-corrected chi connectivity index (χ1v) is 10.4. The van der Waals surface area contributed by atoms with E-state index in [1.54, 1.807) is 12.1 Å². The fourth-order valence-corrected chi connectivity index (χ4v) is 3.41. The first-order chi connectivity index (χ1) is 14.8. The molecule has 0 spiro atoms. The van der Waals surface area contributed by atoms with Gasteiger partial charge in [-0.2, -0.15) is 0 Å². The first kappa shape index (κ1) is 22.2. The summed E-state index contributed by atoms with van der Waals surface area (Å²) in [5.74, 6) is -1.48. The normalized spacial score (nSPS) is 15.5. The van der Waals surface area contributed by atoms with Crippen LogP contribution in [-0.4, -0.2) is 29.8 Å². The summed E-state index contributed by atoms with van der Waals surface area (Å²) in [5.41, 5.74) is 2.19. The second-order valence-corrected chi connectivity index (χ2v) is 7.61. The summed E-state index contributed by atoms with van der Waals surface area (Å²) in [6, 6.07) is 13.6. The van der Waals surface area contributed by atoms with E-state index < -0.39 is 18.0 Å². The average molecular weight is 422 g/mol. The van der Waals surface area contributed by atoms with E-state index in [1.807, 2.05) is 24.3 Å². The van der Waals surface area contributed by atoms with Gasteiger partial charge in [-0.05, 0) is 49.1 Å². The van der Waals surface area contributed by atoms with Crippen LogP contribution in [0.4, 0.5) is 11.4 Å². The molecule has 3 rings (SSSR count). The molecule has 2 aromatic carbocycles. The van der Waals surface area contributed by atoms with Crippen LogP contribution in [0.1, 0.15) is 61.9 Å². The number of carbonyl (C=O) groups excluding carboxylic acids is 4. The molecule has 1 aliphatic heterocycles. The number of benzene rings is 2. The van der Waals surface area contributed by atoms with Gasteiger partial charge in [0.25, 0.3) is 5.91 Å². The molecule has 0 radical (unpaired) electrons. The Kier molecular flexibility index (Phi) is 6.84. The predicted molar refractivity (Wildman–Crippen MR) is 117 cm³/mol. The Morgan fingerprint density at radius 2 is 1.71 bits per heavy atom. The Morgan fingerprint density at radius 1 is 1.03 bits per heavy atom. The number of rotatable bonds is 7. The molecule has 1 fully saturated rings. The number of hydrogen-bond donors (Lipinski definition) is 1. The third kappa shape index (κ3) is 4.99. The molecule has 162 valence electrons. The molecule has 2 atom stereocenters. The van der Waals surface area contributed by atoms with Crippen LogP contribution in [-0.2, 0) is 19.1 Å². The number of carbonyl (C=O) groups is 4. The zero-order chi connectivity index (χ0) is 22.5. The van der Waals surface area contributed by atoms with Crippen LogP contribution in [0.15, 0.2) is 48.5 Å². The number of amides is 3. The van der Waals surface area contributed by atoms with E-state index in [4.69, 9.17) is 4.74 Å². The van der Waals surface area contributed by atoms with Gasteiger partial charge in [0.1, 0.15) is 0 Å². The number of esters is 1. The molecule has 0 saturated carbocycles. The summed E-state index contributed by atoms with van der Waals surface area (Å²) < 4.78 is 5.33. The number of nitrogens with zero attached hydrogens (tertiary/aromatic N) is 1. The van der Waals surface area contributed by atoms with Gasteiger partial charge in [-0.3, -0.25) is 19.3 Å². The predicted octanol–water partition coefficient (Wildman–Crippen LogP) is 4.04. The third-order valence-electron chi connectivity index (χ3n) is 5.41. The molecular weight excluding hydrogens is 396 g/mol. The van der Waals surface area contributed by atoms with Gasteiger partial charge in [-0.15, -0.1) is 0 Å². The fraction of sp³-hybridized carbons (Fsp3) is 0.333. The number of nitrogens with one attached hydrogen (secondary N) is 1. The maximum absolute atomic E-state index is 12.6. The van der Waals surface area contributed by atoms with Gasteiger partial charge in [0, 0.05) is 18.5 Å². The smallest absolute Gasteiger partial charge is 0.338 e. The molecule has 0 aliphatic carbocycles. The zero-order valence-electron chi connectivity index (χ0n) is 17.9. The minimum absolute atomic E-state index is 0.156. The van der Waals surface area contributed by atoms with Crippen molar-refractivity contribution in [1.82, 2.24) is 0 Å². The summed E-state index contributed by atoms with van der Waals surface area (Å²) in [6.07, 6.45) is 0.206. The van der Waals surface area contributed by atoms with Crippen molar-refractivity contribution < 1.29 is 23.9 Å². The van der Waals surface area contributed by atoms with Crippen molar-refractivity contribution in [2.24, 2.45) is 0 Å². The van der Waals surface area contributed by atoms with Gasteiger partial charge in [-0.25, -0.2) is 4.79 Å². The van der Waals surface area contributed by atoms with Crippen LogP contribution in [0.25, 0.3) is 0 Å². The maximum Gasteiger partial charge on any atom is 0.338 e. The largest absolute Gasteiger partial charge is 0.449 e. The van der Waals surface area contributed by atoms with Crippen molar-refractivity contribution in [2.45, 2.75) is 52.1 Å². The van der Waals surface area contributed by atoms with Gasteiger partial charge in [0.15, 0.2) is 6.10 Å². The lowest BCUT2D eigenvalue weighted by Crippen LogP contribution is -2.31. The monoisotopic (exact) mass is 422 g/mol. The summed E-state index contributed by atoms with van der Waals surface area (Å²) in [5, 5.41) is 2.84. The quantitative estimate of drug-likeness (QED) is 0.537. The first-order valence-electron chi connectivity index (χ1n) is 10.4. The lowest BCUT2D eigenvalue weighted by atomic mass is 9.97. The van der Waals surface area contributed by atoms with E-state index in [2.05, 4.69) is 19.2 Å². The summed E-state index contributed by atoms with van der Waals surface area (Å²) in [4.78, 5) is 50.1. The second kappa shape index (κ2) is 9.55. The Bertz CT molecular complexity index is 1000. The third-order valence-corrected chi connectivity index (χ3v) is 5.41. The Hall–Kier alpha value is -3.48. The minimum atomic E-state index is -1.03. The molecule has 0 bridgehead atoms. The van der Waals surface area contributed by atoms with Gasteiger partial charge < -0.3 is 10.1 Å². The molecule has 1 aliphatic rings. The standard InChI is InChI=1S/C24H26N2O5/c1-4-15(2)19-10-5-6-11-20(19)25-23(29)16(3)31-24(30)17-8-7-9-18(14-17)26-21(27)12-13-22(26)28/h5-11,14-16H,4,12-13H2,1-3H3,(H,25,29)/t15-,16+/m1/s1. The van der Waals surface area contributed by atoms with E-state index in [-0.39, 0.29) is 36.1 Å². The highest BCUT2D eigenvalue weighted by atomic mass is 16.5. The molecule has 0 unspecified atom stereocenters. The Balaban J connectivity index is 1.69. The topological polar surface area (TPSA) is 92.8 Å². The number of imide groups is 1. The molecule has 1 saturated heterocycles. The van der Waals surface area contributed by atoms with E-state index in [9.17, 15) is 19.2 Å². The van der Waals surface area contributed by atoms with E-state index in [0.717, 1.165) is 16.9 Å². The lowest BCUT2D eigenvalue weighted by molar-refractivity contribution is -0.124. The molecule has 7 heteroatoms. The lowest BCUT2D eigenvalue weighted by Gasteiger charge is -2.18. The minimum Gasteiger partial charge on any atom is -0.449 e. The van der Waals surface area contributed by atoms with Crippen molar-refractivity contribution in [3.63, 3.8) is 0 Å². The van der Waals surface area contributed by atoms with Crippen LogP contribution < -0.4 is 10.2 Å². The Morgan fingerprint density at radius 3 is 2.39 bits per heavy atom. The van der Waals surface area contributed by atoms with Crippen molar-refractivity contribution >= 4 is 35.1 Å². The van der Waals surface area contributed by atoms with E-state index in [1.165, 1.54) is 19.1 Å². The van der Waals surface area contributed by atoms with Crippen LogP contribution in [0.2, 0.25) is 0 Å². The van der Waals surface area contributed by atoms with Crippen LogP contribution in [0.3, 0.4) is 0 Å². The van der Waals surface area contributed by atoms with Crippen molar-refractivity contribution in [3.05, 3.63) is 59.7 Å². The summed E-state index contributed by atoms with van der Waals surface area (Å²) in [6.45, 7) is 5.65. The molecule has 2 aromatic rings. The van der Waals surface area contributed by atoms with E-state index >= 15 is 0 Å². The molecular formula is C24H26N2O5.